The van der Waals surface area contributed by atoms with Crippen molar-refractivity contribution in [2.45, 2.75) is 37.8 Å². The summed E-state index contributed by atoms with van der Waals surface area (Å²) in [5, 5.41) is 16.2. The van der Waals surface area contributed by atoms with Gasteiger partial charge in [-0.2, -0.15) is 0 Å². The number of aliphatic carboxylic acids is 1. The van der Waals surface area contributed by atoms with Crippen LogP contribution >= 0.6 is 0 Å². The van der Waals surface area contributed by atoms with Crippen molar-refractivity contribution in [2.24, 2.45) is 32.9 Å². The minimum Gasteiger partial charge on any atom is -0.480 e. The van der Waals surface area contributed by atoms with Gasteiger partial charge in [-0.15, -0.1) is 0 Å². The number of alkyl carbamates (subject to hydrolysis) is 1. The Morgan fingerprint density at radius 2 is 1.39 bits per heavy atom. The van der Waals surface area contributed by atoms with E-state index in [1.54, 1.807) is 18.2 Å². The summed E-state index contributed by atoms with van der Waals surface area (Å²) in [6.45, 7) is -0.262. The smallest absolute Gasteiger partial charge is 0.415 e. The zero-order chi connectivity index (χ0) is 28.5. The van der Waals surface area contributed by atoms with Crippen molar-refractivity contribution in [2.75, 3.05) is 19.6 Å². The average Bonchev–Trinajstić information content (AvgIpc) is 2.86. The molecule has 208 valence electrons. The lowest BCUT2D eigenvalue weighted by Gasteiger charge is -2.18. The number of esters is 1. The number of nitrogens with zero attached hydrogens (tertiary/aromatic N) is 2. The summed E-state index contributed by atoms with van der Waals surface area (Å²) in [6.07, 6.45) is -0.570. The van der Waals surface area contributed by atoms with Crippen molar-refractivity contribution in [3.63, 3.8) is 0 Å². The van der Waals surface area contributed by atoms with Crippen LogP contribution < -0.4 is 38.9 Å². The molecule has 0 saturated heterocycles. The second kappa shape index (κ2) is 16.7. The predicted molar refractivity (Wildman–Crippen MR) is 137 cm³/mol. The molecule has 0 fully saturated rings. The van der Waals surface area contributed by atoms with Gasteiger partial charge in [0.15, 0.2) is 11.9 Å². The third kappa shape index (κ3) is 13.3. The van der Waals surface area contributed by atoms with E-state index in [2.05, 4.69) is 25.9 Å². The number of hydrogen-bond acceptors (Lipinski definition) is 8. The first-order valence-electron chi connectivity index (χ1n) is 11.5. The van der Waals surface area contributed by atoms with Crippen LogP contribution in [0.1, 0.15) is 36.0 Å². The molecule has 0 aliphatic heterocycles. The monoisotopic (exact) mass is 535 g/mol. The van der Waals surface area contributed by atoms with Gasteiger partial charge in [-0.3, -0.25) is 19.6 Å². The van der Waals surface area contributed by atoms with Crippen LogP contribution in [0.25, 0.3) is 0 Å². The molecule has 1 aromatic rings. The molecular formula is C22H33N9O7. The summed E-state index contributed by atoms with van der Waals surface area (Å²) >= 11 is 0. The number of nitrogens with one attached hydrogen (secondary N) is 3. The van der Waals surface area contributed by atoms with Crippen LogP contribution in [0.5, 0.6) is 0 Å². The first-order valence-corrected chi connectivity index (χ1v) is 11.5. The Balaban J connectivity index is 2.70. The van der Waals surface area contributed by atoms with Crippen molar-refractivity contribution >= 4 is 41.8 Å². The Morgan fingerprint density at radius 3 is 1.92 bits per heavy atom. The molecule has 0 radical (unpaired) electrons. The van der Waals surface area contributed by atoms with Gasteiger partial charge in [-0.1, -0.05) is 18.2 Å². The number of carboxylic acid groups (broad SMARTS) is 1. The minimum absolute atomic E-state index is 0.0292. The van der Waals surface area contributed by atoms with E-state index in [0.29, 0.717) is 0 Å². The second-order valence-electron chi connectivity index (χ2n) is 7.81. The molecule has 0 aliphatic rings. The lowest BCUT2D eigenvalue weighted by molar-refractivity contribution is -0.142. The number of rotatable bonds is 15. The molecule has 0 bridgehead atoms. The zero-order valence-corrected chi connectivity index (χ0v) is 20.6. The third-order valence-electron chi connectivity index (χ3n) is 4.75. The summed E-state index contributed by atoms with van der Waals surface area (Å²) in [5.74, 6) is -4.07. The maximum atomic E-state index is 12.7. The molecule has 0 heterocycles. The van der Waals surface area contributed by atoms with E-state index in [-0.39, 0.29) is 56.3 Å². The van der Waals surface area contributed by atoms with Crippen molar-refractivity contribution in [3.05, 3.63) is 35.9 Å². The van der Waals surface area contributed by atoms with E-state index in [9.17, 15) is 29.1 Å². The van der Waals surface area contributed by atoms with Crippen LogP contribution in [-0.2, 0) is 19.1 Å². The van der Waals surface area contributed by atoms with Crippen molar-refractivity contribution < 1.29 is 33.8 Å². The molecule has 3 amide bonds. The van der Waals surface area contributed by atoms with E-state index < -0.39 is 48.5 Å². The van der Waals surface area contributed by atoms with E-state index in [1.165, 1.54) is 12.1 Å². The first kappa shape index (κ1) is 31.1. The van der Waals surface area contributed by atoms with Crippen LogP contribution in [0.3, 0.4) is 0 Å². The Hall–Kier alpha value is -4.89. The average molecular weight is 536 g/mol. The number of hydrogen-bond donors (Lipinski definition) is 8. The highest BCUT2D eigenvalue weighted by atomic mass is 16.6. The number of carbonyl (C=O) groups is 5. The van der Waals surface area contributed by atoms with Gasteiger partial charge in [0.1, 0.15) is 12.1 Å². The number of carboxylic acids is 1. The zero-order valence-electron chi connectivity index (χ0n) is 20.6. The summed E-state index contributed by atoms with van der Waals surface area (Å²) < 4.78 is 4.72. The number of ether oxygens (including phenoxy) is 1. The molecule has 0 aliphatic carbocycles. The summed E-state index contributed by atoms with van der Waals surface area (Å²) in [5.41, 5.74) is 21.1. The molecule has 16 heteroatoms. The van der Waals surface area contributed by atoms with E-state index >= 15 is 0 Å². The van der Waals surface area contributed by atoms with Gasteiger partial charge in [0.25, 0.3) is 0 Å². The number of carbonyl (C=O) groups excluding carboxylic acids is 4. The third-order valence-corrected chi connectivity index (χ3v) is 4.75. The number of benzene rings is 1. The molecule has 0 saturated carbocycles. The van der Waals surface area contributed by atoms with Crippen molar-refractivity contribution in [1.82, 2.24) is 16.0 Å². The Labute approximate surface area is 218 Å². The molecule has 16 nitrogen and oxygen atoms in total. The van der Waals surface area contributed by atoms with E-state index in [4.69, 9.17) is 27.7 Å². The predicted octanol–water partition coefficient (Wildman–Crippen LogP) is -2.29. The van der Waals surface area contributed by atoms with Gasteiger partial charge in [0.2, 0.25) is 11.8 Å². The first-order chi connectivity index (χ1) is 18.0. The fourth-order valence-corrected chi connectivity index (χ4v) is 2.96. The highest BCUT2D eigenvalue weighted by Crippen LogP contribution is 2.04. The van der Waals surface area contributed by atoms with Gasteiger partial charge in [0.05, 0.1) is 12.1 Å². The van der Waals surface area contributed by atoms with Crippen LogP contribution in [-0.4, -0.2) is 78.6 Å². The SMILES string of the molecule is NC(N)=NCCC[C@H](NC(=O)CNC(=O)[C@@H](CCCN=C(N)N)NC(=O)OC(=O)c1ccccc1)C(=O)O. The fourth-order valence-electron chi connectivity index (χ4n) is 2.96. The fraction of sp³-hybridized carbons (Fsp3) is 0.409. The van der Waals surface area contributed by atoms with E-state index in [1.807, 2.05) is 0 Å². The highest BCUT2D eigenvalue weighted by Gasteiger charge is 2.25. The summed E-state index contributed by atoms with van der Waals surface area (Å²) in [7, 11) is 0. The molecule has 38 heavy (non-hydrogen) atoms. The maximum absolute atomic E-state index is 12.7. The van der Waals surface area contributed by atoms with Crippen LogP contribution in [0.2, 0.25) is 0 Å². The second-order valence-corrected chi connectivity index (χ2v) is 7.81. The van der Waals surface area contributed by atoms with Gasteiger partial charge >= 0.3 is 18.0 Å². The molecule has 0 spiro atoms. The lowest BCUT2D eigenvalue weighted by Crippen LogP contribution is -2.51. The molecule has 1 rings (SSSR count). The van der Waals surface area contributed by atoms with E-state index in [0.717, 1.165) is 0 Å². The Bertz CT molecular complexity index is 1020. The van der Waals surface area contributed by atoms with Gasteiger partial charge in [0, 0.05) is 13.1 Å². The largest absolute Gasteiger partial charge is 0.480 e. The number of guanidine groups is 2. The molecular weight excluding hydrogens is 502 g/mol. The van der Waals surface area contributed by atoms with Crippen LogP contribution in [0.4, 0.5) is 4.79 Å². The number of aliphatic imine (C=N–C) groups is 2. The standard InChI is InChI=1S/C22H33N9O7/c23-20(24)27-10-4-8-14(31-22(37)38-19(36)13-6-2-1-3-7-13)17(33)29-12-16(32)30-15(18(34)35)9-5-11-28-21(25)26/h1-3,6-7,14-15H,4-5,8-12H2,(H,29,33)(H,30,32)(H,31,37)(H,34,35)(H4,23,24,27)(H4,25,26,28)/t14-,15+/m1/s1. The van der Waals surface area contributed by atoms with Crippen molar-refractivity contribution in [1.29, 1.82) is 0 Å². The molecule has 2 atom stereocenters. The topological polar surface area (TPSA) is 280 Å². The van der Waals surface area contributed by atoms with Gasteiger partial charge < -0.3 is 48.7 Å². The summed E-state index contributed by atoms with van der Waals surface area (Å²) in [6, 6.07) is 5.27. The quantitative estimate of drug-likeness (QED) is 0.0389. The molecule has 0 unspecified atom stereocenters. The Morgan fingerprint density at radius 1 is 0.842 bits per heavy atom. The van der Waals surface area contributed by atoms with Gasteiger partial charge in [-0.05, 0) is 37.8 Å². The van der Waals surface area contributed by atoms with Crippen molar-refractivity contribution in [3.8, 4) is 0 Å². The van der Waals surface area contributed by atoms with Crippen LogP contribution in [0, 0.1) is 0 Å². The molecule has 1 aromatic carbocycles. The number of nitrogens with two attached hydrogens (primary N) is 4. The molecule has 0 aromatic heterocycles. The lowest BCUT2D eigenvalue weighted by atomic mass is 10.1. The van der Waals surface area contributed by atoms with Gasteiger partial charge in [-0.25, -0.2) is 14.4 Å². The molecule has 12 N–H and O–H groups in total. The van der Waals surface area contributed by atoms with Crippen LogP contribution in [0.15, 0.2) is 40.3 Å². The minimum atomic E-state index is -1.28. The summed E-state index contributed by atoms with van der Waals surface area (Å²) in [4.78, 5) is 68.2. The maximum Gasteiger partial charge on any atom is 0.415 e. The normalized spacial score (nSPS) is 11.7. The number of amides is 3. The highest BCUT2D eigenvalue weighted by molar-refractivity contribution is 5.97. The Kier molecular flexibility index (Phi) is 13.7.